The minimum absolute atomic E-state index is 0.915. The predicted octanol–water partition coefficient (Wildman–Crippen LogP) is 11.5. The number of benzene rings is 5. The van der Waals surface area contributed by atoms with Gasteiger partial charge in [0.2, 0.25) is 0 Å². The fraction of sp³-hybridized carbons (Fsp3) is 0.0667. The first kappa shape index (κ1) is 28.9. The zero-order valence-electron chi connectivity index (χ0n) is 27.6. The molecule has 9 aromatic rings. The molecule has 4 nitrogen and oxygen atoms in total. The molecule has 232 valence electrons. The lowest BCUT2D eigenvalue weighted by Crippen LogP contribution is -1.95. The van der Waals surface area contributed by atoms with Crippen LogP contribution in [-0.4, -0.2) is 19.9 Å². The molecule has 5 aromatic carbocycles. The van der Waals surface area contributed by atoms with Crippen molar-refractivity contribution in [2.75, 3.05) is 0 Å². The Morgan fingerprint density at radius 1 is 0.347 bits per heavy atom. The van der Waals surface area contributed by atoms with E-state index in [9.17, 15) is 0 Å². The number of aryl methyl sites for hydroxylation is 3. The Hall–Kier alpha value is -6.26. The summed E-state index contributed by atoms with van der Waals surface area (Å²) in [7, 11) is 0. The fourth-order valence-electron chi connectivity index (χ4n) is 7.13. The van der Waals surface area contributed by atoms with Crippen LogP contribution in [0.1, 0.15) is 17.0 Å². The molecule has 4 aromatic heterocycles. The number of pyridine rings is 4. The van der Waals surface area contributed by atoms with Crippen molar-refractivity contribution in [1.82, 2.24) is 19.9 Å². The van der Waals surface area contributed by atoms with Crippen molar-refractivity contribution < 1.29 is 0 Å². The summed E-state index contributed by atoms with van der Waals surface area (Å²) in [5.74, 6) is 0. The van der Waals surface area contributed by atoms with Gasteiger partial charge in [-0.3, -0.25) is 9.97 Å². The molecule has 0 N–H and O–H groups in total. The summed E-state index contributed by atoms with van der Waals surface area (Å²) in [4.78, 5) is 20.5. The summed E-state index contributed by atoms with van der Waals surface area (Å²) in [5.41, 5.74) is 15.5. The van der Waals surface area contributed by atoms with Gasteiger partial charge < -0.3 is 0 Å². The molecule has 0 bridgehead atoms. The van der Waals surface area contributed by atoms with Crippen LogP contribution in [-0.2, 0) is 0 Å². The first-order chi connectivity index (χ1) is 24.0. The monoisotopic (exact) mass is 628 g/mol. The van der Waals surface area contributed by atoms with Gasteiger partial charge in [0, 0.05) is 44.1 Å². The molecule has 9 rings (SSSR count). The smallest absolute Gasteiger partial charge is 0.0974 e. The fourth-order valence-corrected chi connectivity index (χ4v) is 7.13. The Balaban J connectivity index is 1.14. The van der Waals surface area contributed by atoms with Crippen LogP contribution in [0.25, 0.3) is 88.4 Å². The Bertz CT molecular complexity index is 2730. The van der Waals surface area contributed by atoms with Crippen LogP contribution in [0.3, 0.4) is 0 Å². The molecule has 0 unspecified atom stereocenters. The van der Waals surface area contributed by atoms with Gasteiger partial charge in [-0.1, -0.05) is 109 Å². The van der Waals surface area contributed by atoms with Gasteiger partial charge in [0.25, 0.3) is 0 Å². The van der Waals surface area contributed by atoms with E-state index in [0.717, 1.165) is 83.1 Å². The van der Waals surface area contributed by atoms with Crippen LogP contribution in [0.4, 0.5) is 0 Å². The summed E-state index contributed by atoms with van der Waals surface area (Å²) in [6.45, 7) is 6.26. The number of rotatable bonds is 4. The molecule has 0 aliphatic rings. The molecule has 0 amide bonds. The molecule has 4 heteroatoms. The zero-order valence-corrected chi connectivity index (χ0v) is 27.6. The topological polar surface area (TPSA) is 51.6 Å². The highest BCUT2D eigenvalue weighted by Crippen LogP contribution is 2.36. The Morgan fingerprint density at radius 2 is 0.837 bits per heavy atom. The Morgan fingerprint density at radius 3 is 1.37 bits per heavy atom. The number of hydrogen-bond donors (Lipinski definition) is 0. The number of hydrogen-bond acceptors (Lipinski definition) is 4. The third-order valence-corrected chi connectivity index (χ3v) is 9.50. The van der Waals surface area contributed by atoms with E-state index in [-0.39, 0.29) is 0 Å². The van der Waals surface area contributed by atoms with Gasteiger partial charge in [-0.25, -0.2) is 9.97 Å². The van der Waals surface area contributed by atoms with Gasteiger partial charge in [-0.2, -0.15) is 0 Å². The maximum absolute atomic E-state index is 5.24. The third-order valence-electron chi connectivity index (χ3n) is 9.50. The summed E-state index contributed by atoms with van der Waals surface area (Å²) in [6, 6.07) is 49.1. The first-order valence-electron chi connectivity index (χ1n) is 16.6. The molecule has 0 aliphatic carbocycles. The van der Waals surface area contributed by atoms with E-state index in [4.69, 9.17) is 19.9 Å². The van der Waals surface area contributed by atoms with Crippen LogP contribution in [0.15, 0.2) is 140 Å². The lowest BCUT2D eigenvalue weighted by atomic mass is 9.97. The van der Waals surface area contributed by atoms with Gasteiger partial charge in [0.05, 0.1) is 33.5 Å². The lowest BCUT2D eigenvalue weighted by Gasteiger charge is -2.13. The van der Waals surface area contributed by atoms with E-state index in [1.807, 2.05) is 12.1 Å². The maximum atomic E-state index is 5.24. The number of nitrogens with zero attached hydrogens (tertiary/aromatic N) is 4. The van der Waals surface area contributed by atoms with Crippen molar-refractivity contribution >= 4 is 43.6 Å². The standard InChI is InChI=1S/C45H32N4/c1-27-24-34(40-22-17-32-14-20-36-38(30-10-6-4-7-11-30)25-28(2)46-44(36)42(32)48-40)16-19-35(27)41-23-18-33-15-21-37-39(31-12-8-5-9-13-31)26-29(3)47-45(37)43(33)49-41/h4-26H,1-3H3. The van der Waals surface area contributed by atoms with Crippen molar-refractivity contribution in [3.05, 3.63) is 156 Å². The average Bonchev–Trinajstić information content (AvgIpc) is 3.14. The molecule has 0 saturated heterocycles. The van der Waals surface area contributed by atoms with Gasteiger partial charge in [-0.05, 0) is 78.9 Å². The SMILES string of the molecule is Cc1cc(-c2ccccc2)c2ccc3ccc(-c4ccc(-c5ccc6ccc7c(-c8ccccc8)cc(C)nc7c6n5)c(C)c4)nc3c2n1. The minimum atomic E-state index is 0.915. The molecule has 0 aliphatic heterocycles. The van der Waals surface area contributed by atoms with E-state index in [1.165, 1.54) is 22.3 Å². The van der Waals surface area contributed by atoms with Crippen LogP contribution < -0.4 is 0 Å². The highest BCUT2D eigenvalue weighted by Gasteiger charge is 2.15. The van der Waals surface area contributed by atoms with Gasteiger partial charge in [-0.15, -0.1) is 0 Å². The molecule has 0 atom stereocenters. The average molecular weight is 629 g/mol. The zero-order chi connectivity index (χ0) is 33.1. The second kappa shape index (κ2) is 11.5. The van der Waals surface area contributed by atoms with Crippen LogP contribution in [0.5, 0.6) is 0 Å². The highest BCUT2D eigenvalue weighted by atomic mass is 14.8. The number of fused-ring (bicyclic) bond motifs is 6. The maximum Gasteiger partial charge on any atom is 0.0974 e. The van der Waals surface area contributed by atoms with Crippen molar-refractivity contribution in [3.8, 4) is 44.8 Å². The van der Waals surface area contributed by atoms with E-state index in [2.05, 4.69) is 148 Å². The second-order valence-corrected chi connectivity index (χ2v) is 12.8. The summed E-state index contributed by atoms with van der Waals surface area (Å²) >= 11 is 0. The molecule has 4 heterocycles. The molecule has 0 spiro atoms. The molecular weight excluding hydrogens is 597 g/mol. The Kier molecular flexibility index (Phi) is 6.77. The lowest BCUT2D eigenvalue weighted by molar-refractivity contribution is 1.25. The minimum Gasteiger partial charge on any atom is -0.251 e. The summed E-state index contributed by atoms with van der Waals surface area (Å²) < 4.78 is 0. The van der Waals surface area contributed by atoms with Crippen molar-refractivity contribution in [2.45, 2.75) is 20.8 Å². The van der Waals surface area contributed by atoms with Gasteiger partial charge in [0.15, 0.2) is 0 Å². The van der Waals surface area contributed by atoms with E-state index in [1.54, 1.807) is 0 Å². The van der Waals surface area contributed by atoms with Crippen LogP contribution in [0.2, 0.25) is 0 Å². The van der Waals surface area contributed by atoms with E-state index >= 15 is 0 Å². The van der Waals surface area contributed by atoms with Gasteiger partial charge >= 0.3 is 0 Å². The predicted molar refractivity (Wildman–Crippen MR) is 204 cm³/mol. The van der Waals surface area contributed by atoms with Crippen LogP contribution >= 0.6 is 0 Å². The molecule has 0 fully saturated rings. The first-order valence-corrected chi connectivity index (χ1v) is 16.6. The Labute approximate surface area is 284 Å². The number of aromatic nitrogens is 4. The summed E-state index contributed by atoms with van der Waals surface area (Å²) in [5, 5.41) is 4.37. The molecule has 0 saturated carbocycles. The molecule has 0 radical (unpaired) electrons. The highest BCUT2D eigenvalue weighted by molar-refractivity contribution is 6.10. The quantitative estimate of drug-likeness (QED) is 0.182. The van der Waals surface area contributed by atoms with E-state index < -0.39 is 0 Å². The normalized spacial score (nSPS) is 11.6. The van der Waals surface area contributed by atoms with Crippen molar-refractivity contribution in [1.29, 1.82) is 0 Å². The van der Waals surface area contributed by atoms with Crippen molar-refractivity contribution in [3.63, 3.8) is 0 Å². The molecular formula is C45H32N4. The van der Waals surface area contributed by atoms with Crippen molar-refractivity contribution in [2.24, 2.45) is 0 Å². The van der Waals surface area contributed by atoms with Gasteiger partial charge in [0.1, 0.15) is 0 Å². The molecule has 49 heavy (non-hydrogen) atoms. The van der Waals surface area contributed by atoms with E-state index in [0.29, 0.717) is 0 Å². The summed E-state index contributed by atoms with van der Waals surface area (Å²) in [6.07, 6.45) is 0. The third kappa shape index (κ3) is 5.01. The second-order valence-electron chi connectivity index (χ2n) is 12.8. The largest absolute Gasteiger partial charge is 0.251 e. The van der Waals surface area contributed by atoms with Crippen LogP contribution in [0, 0.1) is 20.8 Å².